The second-order valence-electron chi connectivity index (χ2n) is 5.12. The van der Waals surface area contributed by atoms with Crippen LogP contribution in [-0.4, -0.2) is 32.2 Å². The largest absolute Gasteiger partial charge is 0.493 e. The Morgan fingerprint density at radius 2 is 1.88 bits per heavy atom. The molecule has 5 nitrogen and oxygen atoms in total. The van der Waals surface area contributed by atoms with Gasteiger partial charge >= 0.3 is 0 Å². The second-order valence-corrected chi connectivity index (χ2v) is 6.82. The minimum Gasteiger partial charge on any atom is -0.493 e. The summed E-state index contributed by atoms with van der Waals surface area (Å²) in [7, 11) is 4.61. The van der Waals surface area contributed by atoms with Crippen LogP contribution in [0.4, 0.5) is 0 Å². The number of rotatable bonds is 6. The van der Waals surface area contributed by atoms with Crippen molar-refractivity contribution in [2.45, 2.75) is 0 Å². The maximum absolute atomic E-state index is 11.8. The quantitative estimate of drug-likeness (QED) is 0.536. The van der Waals surface area contributed by atoms with Crippen molar-refractivity contribution in [1.29, 1.82) is 0 Å². The van der Waals surface area contributed by atoms with E-state index in [0.717, 1.165) is 22.1 Å². The SMILES string of the molecule is COc1cc(C=O)c(-c2cc(Br)cn2-c2ccsc2)c(OC)c1OC. The summed E-state index contributed by atoms with van der Waals surface area (Å²) in [5.41, 5.74) is 2.91. The second kappa shape index (κ2) is 7.33. The normalized spacial score (nSPS) is 10.6. The first-order chi connectivity index (χ1) is 12.1. The lowest BCUT2D eigenvalue weighted by Gasteiger charge is -2.18. The molecule has 0 unspecified atom stereocenters. The molecular formula is C18H16BrNO4S. The van der Waals surface area contributed by atoms with Crippen LogP contribution in [0.25, 0.3) is 16.9 Å². The zero-order valence-corrected chi connectivity index (χ0v) is 16.3. The molecule has 130 valence electrons. The minimum absolute atomic E-state index is 0.443. The van der Waals surface area contributed by atoms with Gasteiger partial charge in [0.1, 0.15) is 0 Å². The molecule has 0 radical (unpaired) electrons. The van der Waals surface area contributed by atoms with E-state index in [1.165, 1.54) is 7.11 Å². The number of methoxy groups -OCH3 is 3. The molecule has 3 rings (SSSR count). The number of carbonyl (C=O) groups excluding carboxylic acids is 1. The highest BCUT2D eigenvalue weighted by atomic mass is 79.9. The number of thiophene rings is 1. The van der Waals surface area contributed by atoms with Gasteiger partial charge in [-0.25, -0.2) is 0 Å². The Labute approximate surface area is 157 Å². The van der Waals surface area contributed by atoms with Crippen molar-refractivity contribution in [3.63, 3.8) is 0 Å². The lowest BCUT2D eigenvalue weighted by molar-refractivity contribution is 0.112. The molecule has 2 aromatic heterocycles. The van der Waals surface area contributed by atoms with Gasteiger partial charge in [-0.3, -0.25) is 4.79 Å². The molecule has 0 N–H and O–H groups in total. The number of ether oxygens (including phenoxy) is 3. The molecule has 0 bridgehead atoms. The fourth-order valence-corrected chi connectivity index (χ4v) is 3.81. The van der Waals surface area contributed by atoms with Crippen molar-refractivity contribution in [2.24, 2.45) is 0 Å². The number of hydrogen-bond donors (Lipinski definition) is 0. The highest BCUT2D eigenvalue weighted by Gasteiger charge is 2.24. The lowest BCUT2D eigenvalue weighted by Crippen LogP contribution is -2.03. The van der Waals surface area contributed by atoms with Crippen LogP contribution in [0.3, 0.4) is 0 Å². The number of carbonyl (C=O) groups is 1. The van der Waals surface area contributed by atoms with Crippen molar-refractivity contribution in [3.05, 3.63) is 45.2 Å². The smallest absolute Gasteiger partial charge is 0.204 e. The minimum atomic E-state index is 0.443. The molecule has 7 heteroatoms. The predicted octanol–water partition coefficient (Wildman–Crippen LogP) is 4.81. The Bertz CT molecular complexity index is 902. The molecule has 0 amide bonds. The third-order valence-electron chi connectivity index (χ3n) is 3.81. The van der Waals surface area contributed by atoms with E-state index in [9.17, 15) is 4.79 Å². The van der Waals surface area contributed by atoms with Crippen molar-refractivity contribution >= 4 is 33.6 Å². The molecule has 0 aliphatic rings. The predicted molar refractivity (Wildman–Crippen MR) is 102 cm³/mol. The summed E-state index contributed by atoms with van der Waals surface area (Å²) in [4.78, 5) is 11.8. The molecule has 1 aromatic carbocycles. The van der Waals surface area contributed by atoms with E-state index in [2.05, 4.69) is 15.9 Å². The van der Waals surface area contributed by atoms with Crippen molar-refractivity contribution in [2.75, 3.05) is 21.3 Å². The van der Waals surface area contributed by atoms with E-state index in [4.69, 9.17) is 14.2 Å². The summed E-state index contributed by atoms with van der Waals surface area (Å²) in [6.07, 6.45) is 2.74. The summed E-state index contributed by atoms with van der Waals surface area (Å²) in [5, 5.41) is 4.03. The Kier molecular flexibility index (Phi) is 5.15. The third-order valence-corrected chi connectivity index (χ3v) is 4.92. The molecule has 0 saturated heterocycles. The van der Waals surface area contributed by atoms with Crippen LogP contribution in [0.5, 0.6) is 17.2 Å². The zero-order valence-electron chi connectivity index (χ0n) is 13.9. The molecule has 0 saturated carbocycles. The van der Waals surface area contributed by atoms with Gasteiger partial charge in [0.15, 0.2) is 17.8 Å². The lowest BCUT2D eigenvalue weighted by atomic mass is 10.0. The Balaban J connectivity index is 2.36. The van der Waals surface area contributed by atoms with Gasteiger partial charge in [0.25, 0.3) is 0 Å². The zero-order chi connectivity index (χ0) is 18.0. The Hall–Kier alpha value is -2.25. The van der Waals surface area contributed by atoms with E-state index >= 15 is 0 Å². The first-order valence-electron chi connectivity index (χ1n) is 7.33. The van der Waals surface area contributed by atoms with E-state index < -0.39 is 0 Å². The highest BCUT2D eigenvalue weighted by Crippen LogP contribution is 2.47. The fraction of sp³-hybridized carbons (Fsp3) is 0.167. The average molecular weight is 422 g/mol. The highest BCUT2D eigenvalue weighted by molar-refractivity contribution is 9.10. The standard InChI is InChI=1S/C18H16BrNO4S/c1-22-15-6-11(9-21)16(18(24-3)17(15)23-2)14-7-12(19)8-20(14)13-4-5-25-10-13/h4-10H,1-3H3. The number of halogens is 1. The van der Waals surface area contributed by atoms with Crippen LogP contribution in [-0.2, 0) is 0 Å². The maximum atomic E-state index is 11.8. The van der Waals surface area contributed by atoms with Gasteiger partial charge in [-0.1, -0.05) is 0 Å². The average Bonchev–Trinajstić information content (AvgIpc) is 3.28. The fourth-order valence-electron chi connectivity index (χ4n) is 2.76. The van der Waals surface area contributed by atoms with Gasteiger partial charge in [0.2, 0.25) is 5.75 Å². The third kappa shape index (κ3) is 3.05. The number of hydrogen-bond acceptors (Lipinski definition) is 5. The maximum Gasteiger partial charge on any atom is 0.204 e. The van der Waals surface area contributed by atoms with Gasteiger partial charge in [-0.15, -0.1) is 0 Å². The molecule has 0 spiro atoms. The first kappa shape index (κ1) is 17.6. The molecule has 0 fully saturated rings. The molecule has 0 aliphatic carbocycles. The number of aromatic nitrogens is 1. The number of aldehydes is 1. The van der Waals surface area contributed by atoms with Crippen molar-refractivity contribution < 1.29 is 19.0 Å². The molecule has 3 aromatic rings. The Morgan fingerprint density at radius 1 is 1.12 bits per heavy atom. The van der Waals surface area contributed by atoms with Crippen LogP contribution in [0.2, 0.25) is 0 Å². The Morgan fingerprint density at radius 3 is 2.44 bits per heavy atom. The monoisotopic (exact) mass is 421 g/mol. The van der Waals surface area contributed by atoms with E-state index in [1.807, 2.05) is 33.7 Å². The van der Waals surface area contributed by atoms with Crippen LogP contribution >= 0.6 is 27.3 Å². The van der Waals surface area contributed by atoms with Crippen LogP contribution < -0.4 is 14.2 Å². The molecule has 0 aliphatic heterocycles. The van der Waals surface area contributed by atoms with Gasteiger partial charge in [-0.05, 0) is 39.5 Å². The summed E-state index contributed by atoms with van der Waals surface area (Å²) >= 11 is 5.12. The van der Waals surface area contributed by atoms with Crippen LogP contribution in [0, 0.1) is 0 Å². The van der Waals surface area contributed by atoms with E-state index in [-0.39, 0.29) is 0 Å². The summed E-state index contributed by atoms with van der Waals surface area (Å²) in [5.74, 6) is 1.34. The molecular weight excluding hydrogens is 406 g/mol. The van der Waals surface area contributed by atoms with Crippen LogP contribution in [0.15, 0.2) is 39.6 Å². The first-order valence-corrected chi connectivity index (χ1v) is 9.07. The van der Waals surface area contributed by atoms with Gasteiger partial charge in [-0.2, -0.15) is 11.3 Å². The van der Waals surface area contributed by atoms with E-state index in [0.29, 0.717) is 28.4 Å². The van der Waals surface area contributed by atoms with Crippen LogP contribution in [0.1, 0.15) is 10.4 Å². The van der Waals surface area contributed by atoms with Gasteiger partial charge in [0.05, 0.1) is 38.3 Å². The van der Waals surface area contributed by atoms with Crippen molar-refractivity contribution in [1.82, 2.24) is 4.57 Å². The summed E-state index contributed by atoms with van der Waals surface area (Å²) < 4.78 is 19.3. The molecule has 0 atom stereocenters. The van der Waals surface area contributed by atoms with E-state index in [1.54, 1.807) is 31.6 Å². The van der Waals surface area contributed by atoms with Crippen molar-refractivity contribution in [3.8, 4) is 34.2 Å². The topological polar surface area (TPSA) is 49.7 Å². The number of benzene rings is 1. The molecule has 2 heterocycles. The van der Waals surface area contributed by atoms with Gasteiger partial charge in [0, 0.05) is 21.6 Å². The number of nitrogens with zero attached hydrogens (tertiary/aromatic N) is 1. The summed E-state index contributed by atoms with van der Waals surface area (Å²) in [6.45, 7) is 0. The molecule has 25 heavy (non-hydrogen) atoms. The summed E-state index contributed by atoms with van der Waals surface area (Å²) in [6, 6.07) is 5.60. The van der Waals surface area contributed by atoms with Gasteiger partial charge < -0.3 is 18.8 Å².